The number of carbonyl (C=O) groups excluding carboxylic acids is 2. The van der Waals surface area contributed by atoms with Crippen LogP contribution < -0.4 is 14.8 Å². The van der Waals surface area contributed by atoms with Crippen LogP contribution in [0.2, 0.25) is 0 Å². The van der Waals surface area contributed by atoms with Gasteiger partial charge in [0.2, 0.25) is 0 Å². The number of hydrogen-bond acceptors (Lipinski definition) is 5. The van der Waals surface area contributed by atoms with Crippen LogP contribution in [-0.2, 0) is 9.53 Å². The number of amides is 1. The van der Waals surface area contributed by atoms with E-state index in [2.05, 4.69) is 21.2 Å². The van der Waals surface area contributed by atoms with E-state index in [0.717, 1.165) is 6.42 Å². The summed E-state index contributed by atoms with van der Waals surface area (Å²) in [6.07, 6.45) is 0.849. The first-order chi connectivity index (χ1) is 11.2. The predicted molar refractivity (Wildman–Crippen MR) is 94.7 cm³/mol. The number of benzene rings is 1. The molecule has 1 rings (SSSR count). The molecule has 0 aliphatic rings. The smallest absolute Gasteiger partial charge is 0.338 e. The Morgan fingerprint density at radius 2 is 1.92 bits per heavy atom. The zero-order valence-electron chi connectivity index (χ0n) is 14.7. The molecule has 0 saturated heterocycles. The first-order valence-corrected chi connectivity index (χ1v) is 8.45. The Kier molecular flexibility index (Phi) is 7.54. The van der Waals surface area contributed by atoms with Gasteiger partial charge >= 0.3 is 5.97 Å². The number of esters is 1. The van der Waals surface area contributed by atoms with E-state index < -0.39 is 5.97 Å². The Bertz CT molecular complexity index is 595. The number of halogens is 1. The van der Waals surface area contributed by atoms with Crippen molar-refractivity contribution in [3.05, 3.63) is 22.2 Å². The van der Waals surface area contributed by atoms with Crippen molar-refractivity contribution in [2.75, 3.05) is 20.3 Å². The molecule has 1 aromatic rings. The first kappa shape index (κ1) is 20.3. The van der Waals surface area contributed by atoms with Crippen molar-refractivity contribution in [2.24, 2.45) is 0 Å². The van der Waals surface area contributed by atoms with Crippen molar-refractivity contribution in [1.82, 2.24) is 5.32 Å². The molecule has 7 heteroatoms. The van der Waals surface area contributed by atoms with E-state index in [0.29, 0.717) is 22.6 Å². The second kappa shape index (κ2) is 8.92. The standard InChI is InChI=1S/C17H24BrNO5/c1-6-7-23-15-12(18)8-11(9-13(15)22-5)16(21)24-10-14(20)19-17(2,3)4/h8-9H,6-7,10H2,1-5H3,(H,19,20). The molecule has 1 N–H and O–H groups in total. The fourth-order valence-corrected chi connectivity index (χ4v) is 2.41. The van der Waals surface area contributed by atoms with Gasteiger partial charge in [0.15, 0.2) is 18.1 Å². The summed E-state index contributed by atoms with van der Waals surface area (Å²) >= 11 is 3.37. The van der Waals surface area contributed by atoms with Crippen LogP contribution in [0.5, 0.6) is 11.5 Å². The van der Waals surface area contributed by atoms with E-state index in [1.54, 1.807) is 6.07 Å². The van der Waals surface area contributed by atoms with Gasteiger partial charge in [-0.3, -0.25) is 4.79 Å². The molecule has 0 aromatic heterocycles. The Morgan fingerprint density at radius 3 is 2.46 bits per heavy atom. The summed E-state index contributed by atoms with van der Waals surface area (Å²) < 4.78 is 16.5. The summed E-state index contributed by atoms with van der Waals surface area (Å²) in [4.78, 5) is 23.9. The summed E-state index contributed by atoms with van der Waals surface area (Å²) in [6, 6.07) is 3.11. The summed E-state index contributed by atoms with van der Waals surface area (Å²) in [6.45, 7) is 7.74. The second-order valence-electron chi connectivity index (χ2n) is 6.21. The molecule has 1 aromatic carbocycles. The van der Waals surface area contributed by atoms with Gasteiger partial charge < -0.3 is 19.5 Å². The Morgan fingerprint density at radius 1 is 1.25 bits per heavy atom. The van der Waals surface area contributed by atoms with Crippen LogP contribution >= 0.6 is 15.9 Å². The van der Waals surface area contributed by atoms with Crippen LogP contribution in [0.4, 0.5) is 0 Å². The fraction of sp³-hybridized carbons (Fsp3) is 0.529. The lowest BCUT2D eigenvalue weighted by atomic mass is 10.1. The first-order valence-electron chi connectivity index (χ1n) is 7.66. The normalized spacial score (nSPS) is 10.9. The minimum absolute atomic E-state index is 0.270. The molecule has 0 aliphatic carbocycles. The lowest BCUT2D eigenvalue weighted by molar-refractivity contribution is -0.125. The zero-order valence-corrected chi connectivity index (χ0v) is 16.3. The van der Waals surface area contributed by atoms with Crippen molar-refractivity contribution >= 4 is 27.8 Å². The highest BCUT2D eigenvalue weighted by molar-refractivity contribution is 9.10. The van der Waals surface area contributed by atoms with Crippen molar-refractivity contribution in [3.63, 3.8) is 0 Å². The van der Waals surface area contributed by atoms with Gasteiger partial charge in [-0.15, -0.1) is 0 Å². The molecule has 0 aliphatic heterocycles. The molecule has 0 radical (unpaired) electrons. The highest BCUT2D eigenvalue weighted by Gasteiger charge is 2.19. The molecule has 24 heavy (non-hydrogen) atoms. The van der Waals surface area contributed by atoms with Gasteiger partial charge in [0.05, 0.1) is 23.8 Å². The molecule has 0 atom stereocenters. The highest BCUT2D eigenvalue weighted by atomic mass is 79.9. The minimum atomic E-state index is -0.611. The highest BCUT2D eigenvalue weighted by Crippen LogP contribution is 2.36. The third-order valence-electron chi connectivity index (χ3n) is 2.76. The van der Waals surface area contributed by atoms with Crippen LogP contribution in [0.1, 0.15) is 44.5 Å². The molecular formula is C17H24BrNO5. The van der Waals surface area contributed by atoms with Gasteiger partial charge in [-0.1, -0.05) is 6.92 Å². The topological polar surface area (TPSA) is 73.9 Å². The van der Waals surface area contributed by atoms with Crippen LogP contribution in [0.25, 0.3) is 0 Å². The van der Waals surface area contributed by atoms with Crippen molar-refractivity contribution < 1.29 is 23.8 Å². The number of hydrogen-bond donors (Lipinski definition) is 1. The van der Waals surface area contributed by atoms with Gasteiger partial charge in [0.1, 0.15) is 0 Å². The lowest BCUT2D eigenvalue weighted by Crippen LogP contribution is -2.42. The van der Waals surface area contributed by atoms with E-state index >= 15 is 0 Å². The van der Waals surface area contributed by atoms with Gasteiger partial charge in [-0.05, 0) is 55.3 Å². The van der Waals surface area contributed by atoms with Gasteiger partial charge in [-0.25, -0.2) is 4.79 Å². The van der Waals surface area contributed by atoms with Crippen LogP contribution in [0, 0.1) is 0 Å². The molecule has 0 saturated carbocycles. The maximum Gasteiger partial charge on any atom is 0.338 e. The Labute approximate surface area is 151 Å². The largest absolute Gasteiger partial charge is 0.493 e. The second-order valence-corrected chi connectivity index (χ2v) is 7.07. The van der Waals surface area contributed by atoms with Gasteiger partial charge in [-0.2, -0.15) is 0 Å². The molecule has 0 fully saturated rings. The quantitative estimate of drug-likeness (QED) is 0.709. The van der Waals surface area contributed by atoms with Crippen LogP contribution in [-0.4, -0.2) is 37.7 Å². The summed E-state index contributed by atoms with van der Waals surface area (Å²) in [5.74, 6) is -0.0184. The summed E-state index contributed by atoms with van der Waals surface area (Å²) in [7, 11) is 1.49. The third kappa shape index (κ3) is 6.39. The number of rotatable bonds is 7. The lowest BCUT2D eigenvalue weighted by Gasteiger charge is -2.20. The van der Waals surface area contributed by atoms with Crippen molar-refractivity contribution in [1.29, 1.82) is 0 Å². The molecule has 0 spiro atoms. The SMILES string of the molecule is CCCOc1c(Br)cc(C(=O)OCC(=O)NC(C)(C)C)cc1OC. The molecular weight excluding hydrogens is 378 g/mol. The van der Waals surface area contributed by atoms with Crippen LogP contribution in [0.15, 0.2) is 16.6 Å². The maximum absolute atomic E-state index is 12.1. The molecule has 0 unspecified atom stereocenters. The average Bonchev–Trinajstić information content (AvgIpc) is 2.49. The Balaban J connectivity index is 2.81. The summed E-state index contributed by atoms with van der Waals surface area (Å²) in [5.41, 5.74) is -0.111. The fourth-order valence-electron chi connectivity index (χ4n) is 1.85. The molecule has 1 amide bonds. The number of nitrogens with one attached hydrogen (secondary N) is 1. The van der Waals surface area contributed by atoms with Crippen molar-refractivity contribution in [2.45, 2.75) is 39.7 Å². The minimum Gasteiger partial charge on any atom is -0.493 e. The molecule has 6 nitrogen and oxygen atoms in total. The predicted octanol–water partition coefficient (Wildman–Crippen LogP) is 3.32. The summed E-state index contributed by atoms with van der Waals surface area (Å²) in [5, 5.41) is 2.72. The number of carbonyl (C=O) groups is 2. The third-order valence-corrected chi connectivity index (χ3v) is 3.35. The van der Waals surface area contributed by atoms with Gasteiger partial charge in [0, 0.05) is 5.54 Å². The van der Waals surface area contributed by atoms with E-state index in [4.69, 9.17) is 14.2 Å². The van der Waals surface area contributed by atoms with E-state index in [1.165, 1.54) is 13.2 Å². The average molecular weight is 402 g/mol. The molecule has 0 bridgehead atoms. The molecule has 134 valence electrons. The monoisotopic (exact) mass is 401 g/mol. The van der Waals surface area contributed by atoms with Crippen molar-refractivity contribution in [3.8, 4) is 11.5 Å². The van der Waals surface area contributed by atoms with E-state index in [9.17, 15) is 9.59 Å². The van der Waals surface area contributed by atoms with Crippen LogP contribution in [0.3, 0.4) is 0 Å². The van der Waals surface area contributed by atoms with E-state index in [-0.39, 0.29) is 23.6 Å². The zero-order chi connectivity index (χ0) is 18.3. The van der Waals surface area contributed by atoms with E-state index in [1.807, 2.05) is 27.7 Å². The number of methoxy groups -OCH3 is 1. The maximum atomic E-state index is 12.1. The Hall–Kier alpha value is -1.76. The number of ether oxygens (including phenoxy) is 3. The van der Waals surface area contributed by atoms with Gasteiger partial charge in [0.25, 0.3) is 5.91 Å². The molecule has 0 heterocycles.